The molecule has 1 aliphatic carbocycles. The van der Waals surface area contributed by atoms with Crippen molar-refractivity contribution in [3.05, 3.63) is 65.1 Å². The molecular formula is C26H26F3N3O3S. The predicted molar refractivity (Wildman–Crippen MR) is 132 cm³/mol. The van der Waals surface area contributed by atoms with E-state index in [-0.39, 0.29) is 11.7 Å². The maximum Gasteiger partial charge on any atom is 0.323 e. The third kappa shape index (κ3) is 6.42. The lowest BCUT2D eigenvalue weighted by Crippen LogP contribution is -2.19. The minimum absolute atomic E-state index is 0.119. The molecule has 2 amide bonds. The number of benzene rings is 2. The predicted octanol–water partition coefficient (Wildman–Crippen LogP) is 7.10. The van der Waals surface area contributed by atoms with Crippen LogP contribution in [0.5, 0.6) is 0 Å². The number of hydrogen-bond acceptors (Lipinski definition) is 5. The number of thiazole rings is 1. The Morgan fingerprint density at radius 1 is 1.00 bits per heavy atom. The largest absolute Gasteiger partial charge is 0.466 e. The van der Waals surface area contributed by atoms with Crippen LogP contribution in [0.1, 0.15) is 50.0 Å². The third-order valence-corrected chi connectivity index (χ3v) is 7.36. The Hall–Kier alpha value is -3.40. The first kappa shape index (κ1) is 25.7. The number of nitrogens with one attached hydrogen (secondary N) is 2. The molecule has 1 aliphatic rings. The SMILES string of the molecule is CCOC(=O)CC1CCC(c2ncc(-c3ccc(NC(=O)Nc4cc(F)c(F)c(F)c4)cc3)s2)CC1. The third-order valence-electron chi connectivity index (χ3n) is 6.15. The molecule has 3 aromatic rings. The summed E-state index contributed by atoms with van der Waals surface area (Å²) in [6.07, 6.45) is 6.29. The fraction of sp³-hybridized carbons (Fsp3) is 0.346. The van der Waals surface area contributed by atoms with Crippen molar-refractivity contribution in [1.82, 2.24) is 4.98 Å². The number of rotatable bonds is 7. The van der Waals surface area contributed by atoms with Gasteiger partial charge in [-0.05, 0) is 56.2 Å². The Morgan fingerprint density at radius 2 is 1.64 bits per heavy atom. The highest BCUT2D eigenvalue weighted by Gasteiger charge is 2.26. The van der Waals surface area contributed by atoms with E-state index in [2.05, 4.69) is 15.6 Å². The second-order valence-corrected chi connectivity index (χ2v) is 9.76. The van der Waals surface area contributed by atoms with Gasteiger partial charge in [-0.1, -0.05) is 12.1 Å². The highest BCUT2D eigenvalue weighted by molar-refractivity contribution is 7.15. The summed E-state index contributed by atoms with van der Waals surface area (Å²) in [7, 11) is 0. The number of aromatic nitrogens is 1. The molecule has 1 aromatic heterocycles. The molecule has 2 N–H and O–H groups in total. The molecule has 0 unspecified atom stereocenters. The number of carbonyl (C=O) groups is 2. The normalized spacial score (nSPS) is 17.4. The molecule has 2 aromatic carbocycles. The van der Waals surface area contributed by atoms with E-state index in [4.69, 9.17) is 4.74 Å². The summed E-state index contributed by atoms with van der Waals surface area (Å²) in [5.41, 5.74) is 1.22. The van der Waals surface area contributed by atoms with Gasteiger partial charge in [0.1, 0.15) is 0 Å². The minimum Gasteiger partial charge on any atom is -0.466 e. The molecule has 0 bridgehead atoms. The summed E-state index contributed by atoms with van der Waals surface area (Å²) in [4.78, 5) is 29.5. The monoisotopic (exact) mass is 517 g/mol. The van der Waals surface area contributed by atoms with Crippen molar-refractivity contribution in [2.24, 2.45) is 5.92 Å². The van der Waals surface area contributed by atoms with E-state index in [1.807, 2.05) is 25.3 Å². The van der Waals surface area contributed by atoms with Crippen LogP contribution >= 0.6 is 11.3 Å². The Kier molecular flexibility index (Phi) is 8.25. The summed E-state index contributed by atoms with van der Waals surface area (Å²) in [6.45, 7) is 2.23. The van der Waals surface area contributed by atoms with Crippen molar-refractivity contribution in [2.45, 2.75) is 44.9 Å². The van der Waals surface area contributed by atoms with Crippen LogP contribution in [-0.2, 0) is 9.53 Å². The van der Waals surface area contributed by atoms with Crippen molar-refractivity contribution in [3.63, 3.8) is 0 Å². The van der Waals surface area contributed by atoms with Gasteiger partial charge in [0.05, 0.1) is 16.5 Å². The summed E-state index contributed by atoms with van der Waals surface area (Å²) in [6, 6.07) is 7.80. The lowest BCUT2D eigenvalue weighted by Gasteiger charge is -2.26. The first-order valence-corrected chi connectivity index (χ1v) is 12.6. The minimum atomic E-state index is -1.59. The van der Waals surface area contributed by atoms with Gasteiger partial charge < -0.3 is 15.4 Å². The molecule has 0 saturated heterocycles. The standard InChI is InChI=1S/C26H26F3N3O3S/c1-2-35-23(33)11-15-3-5-17(6-4-15)25-30-14-22(36-25)16-7-9-18(10-8-16)31-26(34)32-19-12-20(27)24(29)21(28)13-19/h7-10,12-15,17H,2-6,11H2,1H3,(H2,31,32,34). The summed E-state index contributed by atoms with van der Waals surface area (Å²) in [5, 5.41) is 5.93. The van der Waals surface area contributed by atoms with Crippen molar-refractivity contribution >= 4 is 34.7 Å². The van der Waals surface area contributed by atoms with Crippen molar-refractivity contribution in [2.75, 3.05) is 17.2 Å². The topological polar surface area (TPSA) is 80.3 Å². The van der Waals surface area contributed by atoms with E-state index < -0.39 is 23.5 Å². The van der Waals surface area contributed by atoms with E-state index in [9.17, 15) is 22.8 Å². The number of anilines is 2. The van der Waals surface area contributed by atoms with Crippen molar-refractivity contribution in [1.29, 1.82) is 0 Å². The van der Waals surface area contributed by atoms with Crippen molar-refractivity contribution < 1.29 is 27.5 Å². The zero-order valence-corrected chi connectivity index (χ0v) is 20.5. The van der Waals surface area contributed by atoms with Crippen LogP contribution in [-0.4, -0.2) is 23.6 Å². The van der Waals surface area contributed by atoms with Gasteiger partial charge in [0.2, 0.25) is 0 Å². The van der Waals surface area contributed by atoms with Gasteiger partial charge in [-0.25, -0.2) is 22.9 Å². The van der Waals surface area contributed by atoms with Gasteiger partial charge >= 0.3 is 12.0 Å². The quantitative estimate of drug-likeness (QED) is 0.259. The van der Waals surface area contributed by atoms with Crippen LogP contribution in [0.3, 0.4) is 0 Å². The molecule has 10 heteroatoms. The zero-order chi connectivity index (χ0) is 25.7. The molecule has 1 heterocycles. The van der Waals surface area contributed by atoms with Gasteiger partial charge in [-0.3, -0.25) is 4.79 Å². The number of amides is 2. The highest BCUT2D eigenvalue weighted by Crippen LogP contribution is 2.40. The van der Waals surface area contributed by atoms with Crippen LogP contribution in [0.2, 0.25) is 0 Å². The Balaban J connectivity index is 1.31. The number of esters is 1. The van der Waals surface area contributed by atoms with Crippen molar-refractivity contribution in [3.8, 4) is 10.4 Å². The Bertz CT molecular complexity index is 1200. The molecular weight excluding hydrogens is 491 g/mol. The highest BCUT2D eigenvalue weighted by atomic mass is 32.1. The number of nitrogens with zero attached hydrogens (tertiary/aromatic N) is 1. The van der Waals surface area contributed by atoms with E-state index in [1.54, 1.807) is 23.5 Å². The molecule has 0 spiro atoms. The molecule has 36 heavy (non-hydrogen) atoms. The second-order valence-electron chi connectivity index (χ2n) is 8.70. The number of urea groups is 1. The maximum absolute atomic E-state index is 13.3. The number of carbonyl (C=O) groups excluding carboxylic acids is 2. The van der Waals surface area contributed by atoms with E-state index in [0.29, 0.717) is 42.7 Å². The van der Waals surface area contributed by atoms with Crippen LogP contribution in [0.4, 0.5) is 29.3 Å². The van der Waals surface area contributed by atoms with Crippen LogP contribution in [0.15, 0.2) is 42.6 Å². The lowest BCUT2D eigenvalue weighted by molar-refractivity contribution is -0.144. The van der Waals surface area contributed by atoms with Gasteiger partial charge in [-0.2, -0.15) is 0 Å². The number of ether oxygens (including phenoxy) is 1. The fourth-order valence-electron chi connectivity index (χ4n) is 4.32. The zero-order valence-electron chi connectivity index (χ0n) is 19.7. The molecule has 190 valence electrons. The average Bonchev–Trinajstić information content (AvgIpc) is 3.34. The first-order valence-electron chi connectivity index (χ1n) is 11.8. The Morgan fingerprint density at radius 3 is 2.28 bits per heavy atom. The fourth-order valence-corrected chi connectivity index (χ4v) is 5.41. The smallest absolute Gasteiger partial charge is 0.323 e. The van der Waals surface area contributed by atoms with E-state index in [1.165, 1.54) is 0 Å². The van der Waals surface area contributed by atoms with E-state index >= 15 is 0 Å². The molecule has 4 rings (SSSR count). The molecule has 1 fully saturated rings. The second kappa shape index (κ2) is 11.6. The van der Waals surface area contributed by atoms with Gasteiger partial charge in [0.25, 0.3) is 0 Å². The molecule has 1 saturated carbocycles. The molecule has 0 radical (unpaired) electrons. The van der Waals surface area contributed by atoms with E-state index in [0.717, 1.165) is 41.1 Å². The average molecular weight is 518 g/mol. The van der Waals surface area contributed by atoms with Gasteiger partial charge in [0.15, 0.2) is 17.5 Å². The first-order chi connectivity index (χ1) is 17.3. The molecule has 0 atom stereocenters. The number of halogens is 3. The van der Waals surface area contributed by atoms with Crippen LogP contribution in [0, 0.1) is 23.4 Å². The van der Waals surface area contributed by atoms with Crippen LogP contribution < -0.4 is 10.6 Å². The lowest BCUT2D eigenvalue weighted by atomic mass is 9.81. The summed E-state index contributed by atoms with van der Waals surface area (Å²) in [5.74, 6) is -3.73. The molecule has 0 aliphatic heterocycles. The molecule has 6 nitrogen and oxygen atoms in total. The van der Waals surface area contributed by atoms with Gasteiger partial charge in [0, 0.05) is 42.0 Å². The summed E-state index contributed by atoms with van der Waals surface area (Å²) >= 11 is 1.64. The Labute approximate surface area is 210 Å². The van der Waals surface area contributed by atoms with Crippen LogP contribution in [0.25, 0.3) is 10.4 Å². The van der Waals surface area contributed by atoms with Gasteiger partial charge in [-0.15, -0.1) is 11.3 Å². The summed E-state index contributed by atoms with van der Waals surface area (Å²) < 4.78 is 44.8. The maximum atomic E-state index is 13.3. The number of hydrogen-bond donors (Lipinski definition) is 2.